The summed E-state index contributed by atoms with van der Waals surface area (Å²) in [6.45, 7) is 30.9. The minimum atomic E-state index is 0.587. The van der Waals surface area contributed by atoms with Gasteiger partial charge >= 0.3 is 0 Å². The number of aromatic nitrogens is 2. The third-order valence-electron chi connectivity index (χ3n) is 4.28. The van der Waals surface area contributed by atoms with Crippen LogP contribution in [0.4, 0.5) is 0 Å². The highest BCUT2D eigenvalue weighted by molar-refractivity contribution is 5.99. The molecule has 1 heterocycles. The molecule has 0 aliphatic heterocycles. The first-order valence-electron chi connectivity index (χ1n) is 12.2. The number of hydrogen-bond acceptors (Lipinski definition) is 2. The molecule has 2 aromatic rings. The predicted octanol–water partition coefficient (Wildman–Crippen LogP) is 9.48. The van der Waals surface area contributed by atoms with E-state index in [1.165, 1.54) is 33.7 Å². The number of nitrogens with zero attached hydrogens (tertiary/aromatic N) is 2. The van der Waals surface area contributed by atoms with Crippen molar-refractivity contribution in [2.24, 2.45) is 10.9 Å². The Bertz CT molecular complexity index is 682. The van der Waals surface area contributed by atoms with Crippen LogP contribution in [-0.2, 0) is 0 Å². The molecule has 0 saturated heterocycles. The van der Waals surface area contributed by atoms with Crippen LogP contribution in [0.5, 0.6) is 0 Å². The molecular weight excluding hydrogens is 390 g/mol. The van der Waals surface area contributed by atoms with Crippen LogP contribution in [0.2, 0.25) is 0 Å². The number of benzene rings is 1. The lowest BCUT2D eigenvalue weighted by atomic mass is 9.95. The van der Waals surface area contributed by atoms with E-state index in [2.05, 4.69) is 75.8 Å². The molecule has 0 atom stereocenters. The topological polar surface area (TPSA) is 41.0 Å². The fraction of sp³-hybridized carbons (Fsp3) is 0.586. The van der Waals surface area contributed by atoms with Gasteiger partial charge in [0.1, 0.15) is 0 Å². The number of aromatic amines is 1. The van der Waals surface area contributed by atoms with E-state index < -0.39 is 0 Å². The zero-order chi connectivity index (χ0) is 26.3. The smallest absolute Gasteiger partial charge is 0.0623 e. The van der Waals surface area contributed by atoms with Gasteiger partial charge in [0.25, 0.3) is 0 Å². The van der Waals surface area contributed by atoms with Crippen LogP contribution in [0.15, 0.2) is 46.5 Å². The minimum absolute atomic E-state index is 0.587. The van der Waals surface area contributed by atoms with Gasteiger partial charge < -0.3 is 0 Å². The molecule has 0 spiro atoms. The summed E-state index contributed by atoms with van der Waals surface area (Å²) in [5, 5.41) is 6.88. The van der Waals surface area contributed by atoms with Gasteiger partial charge in [0.15, 0.2) is 0 Å². The summed E-state index contributed by atoms with van der Waals surface area (Å²) in [5.74, 6) is 0.587. The number of allylic oxidation sites excluding steroid dienone is 2. The fourth-order valence-electron chi connectivity index (χ4n) is 2.62. The summed E-state index contributed by atoms with van der Waals surface area (Å²) >= 11 is 0. The highest BCUT2D eigenvalue weighted by atomic mass is 15.1. The van der Waals surface area contributed by atoms with Gasteiger partial charge in [-0.25, -0.2) is 0 Å². The maximum atomic E-state index is 4.19. The van der Waals surface area contributed by atoms with E-state index in [0.29, 0.717) is 5.92 Å². The Hall–Kier alpha value is -2.16. The van der Waals surface area contributed by atoms with Crippen molar-refractivity contribution in [3.05, 3.63) is 64.0 Å². The first-order chi connectivity index (χ1) is 15.1. The predicted molar refractivity (Wildman–Crippen MR) is 150 cm³/mol. The third kappa shape index (κ3) is 18.6. The quantitative estimate of drug-likeness (QED) is 0.459. The molecule has 0 amide bonds. The highest BCUT2D eigenvalue weighted by Crippen LogP contribution is 2.16. The Morgan fingerprint density at radius 2 is 1.25 bits per heavy atom. The Morgan fingerprint density at radius 3 is 1.38 bits per heavy atom. The molecule has 0 saturated carbocycles. The standard InChI is InChI=1S/C10H19N.C7H8.C6H10N2.3C2H6/c1-7(2)10(8(3)4)9(5)11-6;1-7-5-3-2-4-6-7;1-4-5(2)7-8-6(4)3;3*1-2/h7H,1-6H3;2-6H,1H3;1-3H3,(H,7,8);3*1-2H3. The number of hydrogen-bond donors (Lipinski definition) is 1. The van der Waals surface area contributed by atoms with Gasteiger partial charge in [-0.3, -0.25) is 10.1 Å². The van der Waals surface area contributed by atoms with Crippen LogP contribution in [0.3, 0.4) is 0 Å². The van der Waals surface area contributed by atoms with Crippen molar-refractivity contribution < 1.29 is 0 Å². The van der Waals surface area contributed by atoms with Gasteiger partial charge in [0, 0.05) is 18.5 Å². The molecular formula is C29H55N3. The average Bonchev–Trinajstić information content (AvgIpc) is 3.09. The molecule has 2 rings (SSSR count). The molecule has 3 heteroatoms. The van der Waals surface area contributed by atoms with Crippen molar-refractivity contribution >= 4 is 5.71 Å². The Balaban J connectivity index is -0.000000167. The second-order valence-electron chi connectivity index (χ2n) is 7.09. The van der Waals surface area contributed by atoms with E-state index in [9.17, 15) is 0 Å². The van der Waals surface area contributed by atoms with E-state index in [0.717, 1.165) is 5.69 Å². The van der Waals surface area contributed by atoms with Crippen molar-refractivity contribution in [1.82, 2.24) is 10.2 Å². The molecule has 0 unspecified atom stereocenters. The SMILES string of the molecule is CC.CC.CC.CN=C(C)C(=C(C)C)C(C)C.Cc1ccccc1.Cc1n[nH]c(C)c1C. The van der Waals surface area contributed by atoms with Crippen molar-refractivity contribution in [2.75, 3.05) is 7.05 Å². The van der Waals surface area contributed by atoms with E-state index in [4.69, 9.17) is 0 Å². The van der Waals surface area contributed by atoms with Gasteiger partial charge in [-0.15, -0.1) is 0 Å². The zero-order valence-electron chi connectivity index (χ0n) is 24.4. The highest BCUT2D eigenvalue weighted by Gasteiger charge is 2.07. The molecule has 1 N–H and O–H groups in total. The average molecular weight is 446 g/mol. The van der Waals surface area contributed by atoms with Gasteiger partial charge in [-0.2, -0.15) is 5.10 Å². The van der Waals surface area contributed by atoms with Crippen LogP contribution in [0.1, 0.15) is 98.7 Å². The molecule has 0 fully saturated rings. The van der Waals surface area contributed by atoms with Crippen molar-refractivity contribution in [1.29, 1.82) is 0 Å². The van der Waals surface area contributed by atoms with E-state index in [-0.39, 0.29) is 0 Å². The van der Waals surface area contributed by atoms with Crippen LogP contribution in [-0.4, -0.2) is 23.0 Å². The lowest BCUT2D eigenvalue weighted by Crippen LogP contribution is -2.06. The maximum absolute atomic E-state index is 4.19. The molecule has 1 aromatic heterocycles. The third-order valence-corrected chi connectivity index (χ3v) is 4.28. The fourth-order valence-corrected chi connectivity index (χ4v) is 2.62. The molecule has 186 valence electrons. The Labute approximate surface area is 201 Å². The zero-order valence-corrected chi connectivity index (χ0v) is 24.4. The molecule has 0 radical (unpaired) electrons. The van der Waals surface area contributed by atoms with E-state index in [1.54, 1.807) is 0 Å². The first-order valence-corrected chi connectivity index (χ1v) is 12.2. The summed E-state index contributed by atoms with van der Waals surface area (Å²) in [4.78, 5) is 4.19. The molecule has 1 aromatic carbocycles. The summed E-state index contributed by atoms with van der Waals surface area (Å²) in [7, 11) is 1.85. The van der Waals surface area contributed by atoms with E-state index in [1.807, 2.05) is 80.6 Å². The Kier molecular flexibility index (Phi) is 29.2. The van der Waals surface area contributed by atoms with Gasteiger partial charge in [0.05, 0.1) is 5.69 Å². The number of aryl methyl sites for hydroxylation is 3. The van der Waals surface area contributed by atoms with Gasteiger partial charge in [-0.1, -0.05) is 96.9 Å². The van der Waals surface area contributed by atoms with E-state index >= 15 is 0 Å². The normalized spacial score (nSPS) is 9.09. The lowest BCUT2D eigenvalue weighted by molar-refractivity contribution is 0.789. The second kappa shape index (κ2) is 25.1. The largest absolute Gasteiger partial charge is 0.293 e. The number of nitrogens with one attached hydrogen (secondary N) is 1. The maximum Gasteiger partial charge on any atom is 0.0623 e. The summed E-state index contributed by atoms with van der Waals surface area (Å²) < 4.78 is 0. The number of rotatable bonds is 2. The number of H-pyrrole nitrogens is 1. The summed E-state index contributed by atoms with van der Waals surface area (Å²) in [6, 6.07) is 10.3. The molecule has 3 nitrogen and oxygen atoms in total. The van der Waals surface area contributed by atoms with Crippen LogP contribution in [0, 0.1) is 33.6 Å². The first kappa shape index (κ1) is 37.2. The number of aliphatic imine (C=N–C) groups is 1. The summed E-state index contributed by atoms with van der Waals surface area (Å²) in [6.07, 6.45) is 0. The van der Waals surface area contributed by atoms with Crippen molar-refractivity contribution in [3.63, 3.8) is 0 Å². The minimum Gasteiger partial charge on any atom is -0.293 e. The van der Waals surface area contributed by atoms with Crippen molar-refractivity contribution in [3.8, 4) is 0 Å². The van der Waals surface area contributed by atoms with Gasteiger partial charge in [-0.05, 0) is 65.5 Å². The van der Waals surface area contributed by atoms with Gasteiger partial charge in [0.2, 0.25) is 0 Å². The van der Waals surface area contributed by atoms with Crippen molar-refractivity contribution in [2.45, 2.75) is 104 Å². The Morgan fingerprint density at radius 1 is 0.812 bits per heavy atom. The molecule has 32 heavy (non-hydrogen) atoms. The van der Waals surface area contributed by atoms with Crippen LogP contribution < -0.4 is 0 Å². The molecule has 0 aliphatic rings. The lowest BCUT2D eigenvalue weighted by Gasteiger charge is -2.12. The van der Waals surface area contributed by atoms with Crippen LogP contribution >= 0.6 is 0 Å². The second-order valence-corrected chi connectivity index (χ2v) is 7.09. The summed E-state index contributed by atoms with van der Waals surface area (Å²) in [5.41, 5.74) is 8.80. The molecule has 0 aliphatic carbocycles. The monoisotopic (exact) mass is 445 g/mol. The van der Waals surface area contributed by atoms with Crippen LogP contribution in [0.25, 0.3) is 0 Å². The molecule has 0 bridgehead atoms.